The van der Waals surface area contributed by atoms with Gasteiger partial charge in [0, 0.05) is 25.2 Å². The molecule has 106 valence electrons. The molecule has 1 unspecified atom stereocenters. The molecule has 18 heavy (non-hydrogen) atoms. The zero-order valence-electron chi connectivity index (χ0n) is 12.8. The molecule has 1 aliphatic rings. The average Bonchev–Trinajstić information content (AvgIpc) is 2.04. The zero-order valence-corrected chi connectivity index (χ0v) is 12.8. The second-order valence-corrected chi connectivity index (χ2v) is 7.34. The summed E-state index contributed by atoms with van der Waals surface area (Å²) < 4.78 is 5.32. The van der Waals surface area contributed by atoms with Gasteiger partial charge in [-0.2, -0.15) is 0 Å². The first-order valence-electron chi connectivity index (χ1n) is 6.73. The van der Waals surface area contributed by atoms with Crippen LogP contribution in [0.4, 0.5) is 4.79 Å². The predicted octanol–water partition coefficient (Wildman–Crippen LogP) is 2.63. The van der Waals surface area contributed by atoms with E-state index in [4.69, 9.17) is 4.74 Å². The van der Waals surface area contributed by atoms with Crippen LogP contribution in [0.2, 0.25) is 0 Å². The first-order valence-corrected chi connectivity index (χ1v) is 6.73. The standard InChI is InChI=1S/C14H28N2O2/c1-10(13(2,3)4)15-11-8-16(9-11)12(17)18-14(5,6)7/h10-11,15H,8-9H2,1-7H3. The van der Waals surface area contributed by atoms with E-state index in [0.29, 0.717) is 12.1 Å². The highest BCUT2D eigenvalue weighted by molar-refractivity contribution is 5.69. The summed E-state index contributed by atoms with van der Waals surface area (Å²) in [5.74, 6) is 0. The van der Waals surface area contributed by atoms with Gasteiger partial charge in [0.15, 0.2) is 0 Å². The van der Waals surface area contributed by atoms with Crippen molar-refractivity contribution in [1.82, 2.24) is 10.2 Å². The van der Waals surface area contributed by atoms with Crippen LogP contribution in [0.15, 0.2) is 0 Å². The Morgan fingerprint density at radius 1 is 1.22 bits per heavy atom. The Kier molecular flexibility index (Phi) is 4.31. The normalized spacial score (nSPS) is 19.4. The highest BCUT2D eigenvalue weighted by atomic mass is 16.6. The van der Waals surface area contributed by atoms with E-state index in [1.807, 2.05) is 20.8 Å². The van der Waals surface area contributed by atoms with Crippen LogP contribution in [0.25, 0.3) is 0 Å². The number of nitrogens with one attached hydrogen (secondary N) is 1. The Morgan fingerprint density at radius 3 is 2.11 bits per heavy atom. The van der Waals surface area contributed by atoms with Crippen LogP contribution in [0, 0.1) is 5.41 Å². The predicted molar refractivity (Wildman–Crippen MR) is 73.6 cm³/mol. The van der Waals surface area contributed by atoms with Crippen LogP contribution < -0.4 is 5.32 Å². The first-order chi connectivity index (χ1) is 7.99. The number of carbonyl (C=O) groups is 1. The molecule has 0 aliphatic carbocycles. The lowest BCUT2D eigenvalue weighted by atomic mass is 9.87. The minimum Gasteiger partial charge on any atom is -0.444 e. The van der Waals surface area contributed by atoms with E-state index >= 15 is 0 Å². The highest BCUT2D eigenvalue weighted by Gasteiger charge is 2.35. The molecule has 1 atom stereocenters. The smallest absolute Gasteiger partial charge is 0.410 e. The highest BCUT2D eigenvalue weighted by Crippen LogP contribution is 2.21. The molecular weight excluding hydrogens is 228 g/mol. The largest absolute Gasteiger partial charge is 0.444 e. The number of amides is 1. The quantitative estimate of drug-likeness (QED) is 0.826. The van der Waals surface area contributed by atoms with Crippen molar-refractivity contribution in [2.45, 2.75) is 66.2 Å². The minimum atomic E-state index is -0.408. The van der Waals surface area contributed by atoms with Crippen molar-refractivity contribution in [2.75, 3.05) is 13.1 Å². The van der Waals surface area contributed by atoms with Crippen molar-refractivity contribution in [3.8, 4) is 0 Å². The summed E-state index contributed by atoms with van der Waals surface area (Å²) in [7, 11) is 0. The Hall–Kier alpha value is -0.770. The number of rotatable bonds is 2. The summed E-state index contributed by atoms with van der Waals surface area (Å²) in [6.45, 7) is 16.0. The van der Waals surface area contributed by atoms with Gasteiger partial charge in [0.1, 0.15) is 5.60 Å². The number of likely N-dealkylation sites (tertiary alicyclic amines) is 1. The molecule has 0 saturated carbocycles. The van der Waals surface area contributed by atoms with E-state index in [-0.39, 0.29) is 11.5 Å². The zero-order chi connectivity index (χ0) is 14.1. The van der Waals surface area contributed by atoms with Crippen LogP contribution in [0.1, 0.15) is 48.5 Å². The lowest BCUT2D eigenvalue weighted by Gasteiger charge is -2.43. The van der Waals surface area contributed by atoms with Crippen molar-refractivity contribution >= 4 is 6.09 Å². The molecule has 1 fully saturated rings. The fourth-order valence-corrected chi connectivity index (χ4v) is 1.66. The van der Waals surface area contributed by atoms with E-state index in [2.05, 4.69) is 33.0 Å². The Labute approximate surface area is 111 Å². The van der Waals surface area contributed by atoms with Gasteiger partial charge in [-0.15, -0.1) is 0 Å². The lowest BCUT2D eigenvalue weighted by molar-refractivity contribution is 0.00285. The van der Waals surface area contributed by atoms with Gasteiger partial charge in [-0.1, -0.05) is 20.8 Å². The van der Waals surface area contributed by atoms with Gasteiger partial charge in [-0.05, 0) is 33.1 Å². The maximum atomic E-state index is 11.7. The fourth-order valence-electron chi connectivity index (χ4n) is 1.66. The molecule has 1 rings (SSSR count). The molecule has 1 aliphatic heterocycles. The van der Waals surface area contributed by atoms with Crippen LogP contribution >= 0.6 is 0 Å². The number of hydrogen-bond donors (Lipinski definition) is 1. The number of hydrogen-bond acceptors (Lipinski definition) is 3. The number of ether oxygens (including phenoxy) is 1. The average molecular weight is 256 g/mol. The summed E-state index contributed by atoms with van der Waals surface area (Å²) in [6.07, 6.45) is -0.205. The topological polar surface area (TPSA) is 41.6 Å². The Morgan fingerprint density at radius 2 is 1.72 bits per heavy atom. The molecule has 0 aromatic heterocycles. The molecule has 1 N–H and O–H groups in total. The second kappa shape index (κ2) is 5.08. The number of nitrogens with zero attached hydrogens (tertiary/aromatic N) is 1. The van der Waals surface area contributed by atoms with Crippen molar-refractivity contribution in [2.24, 2.45) is 5.41 Å². The summed E-state index contributed by atoms with van der Waals surface area (Å²) in [5, 5.41) is 3.55. The van der Waals surface area contributed by atoms with Crippen molar-refractivity contribution in [3.63, 3.8) is 0 Å². The molecule has 0 bridgehead atoms. The summed E-state index contributed by atoms with van der Waals surface area (Å²) in [4.78, 5) is 13.5. The molecule has 1 amide bonds. The van der Waals surface area contributed by atoms with E-state index in [1.54, 1.807) is 4.90 Å². The maximum absolute atomic E-state index is 11.7. The molecule has 4 nitrogen and oxygen atoms in total. The van der Waals surface area contributed by atoms with Gasteiger partial charge >= 0.3 is 6.09 Å². The molecule has 0 radical (unpaired) electrons. The number of carbonyl (C=O) groups excluding carboxylic acids is 1. The van der Waals surface area contributed by atoms with Crippen molar-refractivity contribution in [3.05, 3.63) is 0 Å². The summed E-state index contributed by atoms with van der Waals surface area (Å²) in [5.41, 5.74) is -0.166. The van der Waals surface area contributed by atoms with Gasteiger partial charge in [0.2, 0.25) is 0 Å². The molecule has 0 spiro atoms. The van der Waals surface area contributed by atoms with E-state index in [0.717, 1.165) is 13.1 Å². The maximum Gasteiger partial charge on any atom is 0.410 e. The molecule has 0 aromatic rings. The summed E-state index contributed by atoms with van der Waals surface area (Å²) >= 11 is 0. The van der Waals surface area contributed by atoms with Crippen LogP contribution in [0.5, 0.6) is 0 Å². The Bertz CT molecular complexity index is 296. The van der Waals surface area contributed by atoms with Gasteiger partial charge in [0.05, 0.1) is 0 Å². The lowest BCUT2D eigenvalue weighted by Crippen LogP contribution is -2.63. The molecule has 1 saturated heterocycles. The van der Waals surface area contributed by atoms with E-state index in [1.165, 1.54) is 0 Å². The molecule has 0 aromatic carbocycles. The monoisotopic (exact) mass is 256 g/mol. The van der Waals surface area contributed by atoms with Crippen LogP contribution in [-0.4, -0.2) is 41.8 Å². The van der Waals surface area contributed by atoms with Gasteiger partial charge in [-0.25, -0.2) is 4.79 Å². The minimum absolute atomic E-state index is 0.205. The third kappa shape index (κ3) is 4.48. The molecule has 4 heteroatoms. The third-order valence-electron chi connectivity index (χ3n) is 3.32. The molecule has 1 heterocycles. The molecular formula is C14H28N2O2. The van der Waals surface area contributed by atoms with Crippen molar-refractivity contribution < 1.29 is 9.53 Å². The Balaban J connectivity index is 2.30. The van der Waals surface area contributed by atoms with E-state index < -0.39 is 5.60 Å². The van der Waals surface area contributed by atoms with E-state index in [9.17, 15) is 4.79 Å². The summed E-state index contributed by atoms with van der Waals surface area (Å²) in [6, 6.07) is 0.829. The third-order valence-corrected chi connectivity index (χ3v) is 3.32. The second-order valence-electron chi connectivity index (χ2n) is 7.34. The van der Waals surface area contributed by atoms with Crippen molar-refractivity contribution in [1.29, 1.82) is 0 Å². The SMILES string of the molecule is CC(NC1CN(C(=O)OC(C)(C)C)C1)C(C)(C)C. The first kappa shape index (κ1) is 15.3. The van der Waals surface area contributed by atoms with Gasteiger partial charge in [0.25, 0.3) is 0 Å². The van der Waals surface area contributed by atoms with Gasteiger partial charge in [-0.3, -0.25) is 0 Å². The van der Waals surface area contributed by atoms with Gasteiger partial charge < -0.3 is 15.0 Å². The van der Waals surface area contributed by atoms with Crippen LogP contribution in [0.3, 0.4) is 0 Å². The fraction of sp³-hybridized carbons (Fsp3) is 0.929. The van der Waals surface area contributed by atoms with Crippen LogP contribution in [-0.2, 0) is 4.74 Å².